The number of nitrogens with zero attached hydrogens (tertiary/aromatic N) is 2. The molecule has 1 fully saturated rings. The third-order valence-electron chi connectivity index (χ3n) is 3.24. The lowest BCUT2D eigenvalue weighted by atomic mass is 10.1. The van der Waals surface area contributed by atoms with Gasteiger partial charge in [0.15, 0.2) is 0 Å². The summed E-state index contributed by atoms with van der Waals surface area (Å²) in [5.74, 6) is -0.170. The summed E-state index contributed by atoms with van der Waals surface area (Å²) in [4.78, 5) is 27.4. The highest BCUT2D eigenvalue weighted by atomic mass is 16.5. The second-order valence-corrected chi connectivity index (χ2v) is 5.18. The van der Waals surface area contributed by atoms with E-state index in [0.29, 0.717) is 32.7 Å². The van der Waals surface area contributed by atoms with Crippen molar-refractivity contribution in [3.8, 4) is 0 Å². The number of carbonyl (C=O) groups is 2. The van der Waals surface area contributed by atoms with E-state index in [1.807, 2.05) is 19.0 Å². The van der Waals surface area contributed by atoms with Gasteiger partial charge in [-0.05, 0) is 27.1 Å². The fraction of sp³-hybridized carbons (Fsp3) is 0.846. The second kappa shape index (κ2) is 8.12. The Morgan fingerprint density at radius 1 is 1.37 bits per heavy atom. The predicted octanol–water partition coefficient (Wildman–Crippen LogP) is -0.451. The average molecular weight is 271 g/mol. The van der Waals surface area contributed by atoms with Crippen molar-refractivity contribution in [2.75, 3.05) is 54.0 Å². The van der Waals surface area contributed by atoms with Crippen LogP contribution in [-0.2, 0) is 14.3 Å². The molecule has 0 aliphatic carbocycles. The minimum atomic E-state index is -0.205. The van der Waals surface area contributed by atoms with E-state index in [-0.39, 0.29) is 17.7 Å². The van der Waals surface area contributed by atoms with Gasteiger partial charge in [-0.3, -0.25) is 9.59 Å². The number of nitrogens with one attached hydrogen (secondary N) is 1. The molecular formula is C13H25N3O3. The molecule has 110 valence electrons. The molecule has 0 spiro atoms. The first-order valence-electron chi connectivity index (χ1n) is 6.73. The quantitative estimate of drug-likeness (QED) is 0.649. The van der Waals surface area contributed by atoms with Gasteiger partial charge in [-0.1, -0.05) is 0 Å². The molecule has 0 radical (unpaired) electrons. The monoisotopic (exact) mass is 271 g/mol. The SMILES string of the molecule is COCCN(CCCN(C)C)C(=O)C1CNC(=O)C1. The van der Waals surface area contributed by atoms with E-state index in [1.165, 1.54) is 0 Å². The molecule has 1 rings (SSSR count). The number of hydrogen-bond acceptors (Lipinski definition) is 4. The molecule has 0 bridgehead atoms. The normalized spacial score (nSPS) is 18.7. The molecule has 1 unspecified atom stereocenters. The highest BCUT2D eigenvalue weighted by Gasteiger charge is 2.30. The fourth-order valence-corrected chi connectivity index (χ4v) is 2.15. The van der Waals surface area contributed by atoms with E-state index in [9.17, 15) is 9.59 Å². The van der Waals surface area contributed by atoms with E-state index < -0.39 is 0 Å². The Balaban J connectivity index is 2.46. The third kappa shape index (κ3) is 5.57. The van der Waals surface area contributed by atoms with Crippen LogP contribution < -0.4 is 5.32 Å². The van der Waals surface area contributed by atoms with Crippen molar-refractivity contribution >= 4 is 11.8 Å². The van der Waals surface area contributed by atoms with Gasteiger partial charge in [0, 0.05) is 33.2 Å². The van der Waals surface area contributed by atoms with Gasteiger partial charge in [0.25, 0.3) is 0 Å². The van der Waals surface area contributed by atoms with E-state index in [4.69, 9.17) is 4.74 Å². The van der Waals surface area contributed by atoms with Crippen molar-refractivity contribution in [2.45, 2.75) is 12.8 Å². The Morgan fingerprint density at radius 3 is 2.63 bits per heavy atom. The summed E-state index contributed by atoms with van der Waals surface area (Å²) in [7, 11) is 5.66. The van der Waals surface area contributed by atoms with E-state index in [1.54, 1.807) is 7.11 Å². The van der Waals surface area contributed by atoms with Gasteiger partial charge >= 0.3 is 0 Å². The smallest absolute Gasteiger partial charge is 0.228 e. The first kappa shape index (κ1) is 15.9. The van der Waals surface area contributed by atoms with Gasteiger partial charge in [0.1, 0.15) is 0 Å². The molecule has 6 heteroatoms. The fourth-order valence-electron chi connectivity index (χ4n) is 2.15. The predicted molar refractivity (Wildman–Crippen MR) is 72.7 cm³/mol. The highest BCUT2D eigenvalue weighted by Crippen LogP contribution is 2.13. The van der Waals surface area contributed by atoms with Crippen LogP contribution in [0.2, 0.25) is 0 Å². The molecule has 1 atom stereocenters. The molecule has 1 heterocycles. The molecular weight excluding hydrogens is 246 g/mol. The van der Waals surface area contributed by atoms with Crippen LogP contribution in [0.5, 0.6) is 0 Å². The van der Waals surface area contributed by atoms with Gasteiger partial charge in [-0.15, -0.1) is 0 Å². The lowest BCUT2D eigenvalue weighted by Gasteiger charge is -2.25. The summed E-state index contributed by atoms with van der Waals surface area (Å²) in [6, 6.07) is 0. The van der Waals surface area contributed by atoms with Gasteiger partial charge in [0.05, 0.1) is 12.5 Å². The minimum Gasteiger partial charge on any atom is -0.383 e. The standard InChI is InChI=1S/C13H25N3O3/c1-15(2)5-4-6-16(7-8-19-3)13(18)11-9-12(17)14-10-11/h11H,4-10H2,1-3H3,(H,14,17). The average Bonchev–Trinajstić information content (AvgIpc) is 2.79. The van der Waals surface area contributed by atoms with Crippen LogP contribution in [0.15, 0.2) is 0 Å². The lowest BCUT2D eigenvalue weighted by molar-refractivity contribution is -0.136. The molecule has 1 saturated heterocycles. The van der Waals surface area contributed by atoms with Crippen molar-refractivity contribution in [1.29, 1.82) is 0 Å². The summed E-state index contributed by atoms with van der Waals surface area (Å²) in [6.07, 6.45) is 1.24. The minimum absolute atomic E-state index is 0.0293. The van der Waals surface area contributed by atoms with E-state index in [0.717, 1.165) is 13.0 Å². The van der Waals surface area contributed by atoms with Crippen LogP contribution >= 0.6 is 0 Å². The van der Waals surface area contributed by atoms with Crippen molar-refractivity contribution in [3.63, 3.8) is 0 Å². The summed E-state index contributed by atoms with van der Waals surface area (Å²) < 4.78 is 5.05. The van der Waals surface area contributed by atoms with Crippen molar-refractivity contribution in [3.05, 3.63) is 0 Å². The van der Waals surface area contributed by atoms with Crippen LogP contribution in [0.25, 0.3) is 0 Å². The zero-order valence-electron chi connectivity index (χ0n) is 12.1. The van der Waals surface area contributed by atoms with Crippen LogP contribution in [0.1, 0.15) is 12.8 Å². The number of rotatable bonds is 8. The molecule has 6 nitrogen and oxygen atoms in total. The lowest BCUT2D eigenvalue weighted by Crippen LogP contribution is -2.40. The summed E-state index contributed by atoms with van der Waals surface area (Å²) in [5, 5.41) is 2.71. The zero-order chi connectivity index (χ0) is 14.3. The highest BCUT2D eigenvalue weighted by molar-refractivity contribution is 5.89. The van der Waals surface area contributed by atoms with Gasteiger partial charge < -0.3 is 19.9 Å². The Kier molecular flexibility index (Phi) is 6.80. The van der Waals surface area contributed by atoms with Crippen molar-refractivity contribution in [1.82, 2.24) is 15.1 Å². The molecule has 19 heavy (non-hydrogen) atoms. The van der Waals surface area contributed by atoms with Gasteiger partial charge in [-0.2, -0.15) is 0 Å². The first-order valence-corrected chi connectivity index (χ1v) is 6.73. The summed E-state index contributed by atoms with van der Waals surface area (Å²) in [5.41, 5.74) is 0. The van der Waals surface area contributed by atoms with Crippen LogP contribution in [-0.4, -0.2) is 75.6 Å². The Morgan fingerprint density at radius 2 is 2.11 bits per heavy atom. The van der Waals surface area contributed by atoms with Crippen LogP contribution in [0.3, 0.4) is 0 Å². The third-order valence-corrected chi connectivity index (χ3v) is 3.24. The van der Waals surface area contributed by atoms with Gasteiger partial charge in [0.2, 0.25) is 11.8 Å². The van der Waals surface area contributed by atoms with Crippen LogP contribution in [0, 0.1) is 5.92 Å². The van der Waals surface area contributed by atoms with E-state index >= 15 is 0 Å². The van der Waals surface area contributed by atoms with Crippen molar-refractivity contribution < 1.29 is 14.3 Å². The largest absolute Gasteiger partial charge is 0.383 e. The molecule has 0 saturated carbocycles. The maximum Gasteiger partial charge on any atom is 0.228 e. The second-order valence-electron chi connectivity index (χ2n) is 5.18. The number of amides is 2. The number of ether oxygens (including phenoxy) is 1. The van der Waals surface area contributed by atoms with E-state index in [2.05, 4.69) is 10.2 Å². The van der Waals surface area contributed by atoms with Gasteiger partial charge in [-0.25, -0.2) is 0 Å². The molecule has 2 amide bonds. The molecule has 0 aromatic heterocycles. The topological polar surface area (TPSA) is 61.9 Å². The zero-order valence-corrected chi connectivity index (χ0v) is 12.1. The molecule has 1 aliphatic heterocycles. The molecule has 0 aromatic rings. The van der Waals surface area contributed by atoms with Crippen molar-refractivity contribution in [2.24, 2.45) is 5.92 Å². The summed E-state index contributed by atoms with van der Waals surface area (Å²) in [6.45, 7) is 3.24. The number of hydrogen-bond donors (Lipinski definition) is 1. The Hall–Kier alpha value is -1.14. The molecule has 1 N–H and O–H groups in total. The molecule has 0 aromatic carbocycles. The number of methoxy groups -OCH3 is 1. The summed E-state index contributed by atoms with van der Waals surface area (Å²) >= 11 is 0. The first-order chi connectivity index (χ1) is 9.04. The maximum absolute atomic E-state index is 12.3. The Labute approximate surface area is 115 Å². The Bertz CT molecular complexity index is 308. The maximum atomic E-state index is 12.3. The molecule has 1 aliphatic rings. The van der Waals surface area contributed by atoms with Crippen LogP contribution in [0.4, 0.5) is 0 Å². The number of carbonyl (C=O) groups excluding carboxylic acids is 2.